The van der Waals surface area contributed by atoms with E-state index in [1.807, 2.05) is 19.1 Å². The van der Waals surface area contributed by atoms with Gasteiger partial charge in [0.05, 0.1) is 11.9 Å². The van der Waals surface area contributed by atoms with E-state index in [9.17, 15) is 14.7 Å². The number of aromatic nitrogens is 2. The monoisotopic (exact) mass is 365 g/mol. The molecule has 6 nitrogen and oxygen atoms in total. The Hall–Kier alpha value is -2.15. The van der Waals surface area contributed by atoms with E-state index in [4.69, 9.17) is 0 Å². The molecule has 0 spiro atoms. The number of hydrogen-bond donors (Lipinski definition) is 2. The van der Waals surface area contributed by atoms with Crippen LogP contribution in [0, 0.1) is 6.92 Å². The Morgan fingerprint density at radius 3 is 2.68 bits per heavy atom. The van der Waals surface area contributed by atoms with E-state index < -0.39 is 11.5 Å². The SMILES string of the molecule is Cc1ccc(Br)cc1C(=O)Nc1cnn(C(C)(C)C(=O)O)c1. The van der Waals surface area contributed by atoms with E-state index in [1.165, 1.54) is 30.9 Å². The van der Waals surface area contributed by atoms with Gasteiger partial charge in [-0.1, -0.05) is 22.0 Å². The highest BCUT2D eigenvalue weighted by Gasteiger charge is 2.30. The van der Waals surface area contributed by atoms with Crippen LogP contribution >= 0.6 is 15.9 Å². The molecule has 0 bridgehead atoms. The van der Waals surface area contributed by atoms with Gasteiger partial charge in [-0.3, -0.25) is 9.48 Å². The fourth-order valence-corrected chi connectivity index (χ4v) is 2.19. The summed E-state index contributed by atoms with van der Waals surface area (Å²) >= 11 is 3.33. The van der Waals surface area contributed by atoms with E-state index in [0.29, 0.717) is 11.3 Å². The summed E-state index contributed by atoms with van der Waals surface area (Å²) in [5, 5.41) is 15.9. The van der Waals surface area contributed by atoms with E-state index in [2.05, 4.69) is 26.3 Å². The lowest BCUT2D eigenvalue weighted by molar-refractivity contribution is -0.146. The summed E-state index contributed by atoms with van der Waals surface area (Å²) < 4.78 is 2.12. The molecule has 2 N–H and O–H groups in total. The number of nitrogens with one attached hydrogen (secondary N) is 1. The van der Waals surface area contributed by atoms with Gasteiger partial charge in [0.25, 0.3) is 5.91 Å². The molecular formula is C15H16BrN3O3. The average Bonchev–Trinajstić information content (AvgIpc) is 2.90. The zero-order valence-electron chi connectivity index (χ0n) is 12.4. The number of halogens is 1. The molecule has 1 aromatic heterocycles. The van der Waals surface area contributed by atoms with Crippen LogP contribution in [0.4, 0.5) is 5.69 Å². The molecular weight excluding hydrogens is 350 g/mol. The zero-order valence-corrected chi connectivity index (χ0v) is 14.0. The topological polar surface area (TPSA) is 84.2 Å². The molecule has 2 aromatic rings. The Morgan fingerprint density at radius 1 is 1.36 bits per heavy atom. The second-order valence-corrected chi connectivity index (χ2v) is 6.37. The van der Waals surface area contributed by atoms with Gasteiger partial charge in [0.1, 0.15) is 0 Å². The maximum absolute atomic E-state index is 12.3. The third-order valence-corrected chi connectivity index (χ3v) is 3.87. The van der Waals surface area contributed by atoms with Crippen LogP contribution in [0.1, 0.15) is 29.8 Å². The summed E-state index contributed by atoms with van der Waals surface area (Å²) in [5.74, 6) is -1.28. The number of rotatable bonds is 4. The number of carboxylic acids is 1. The molecule has 0 radical (unpaired) electrons. The molecule has 2 rings (SSSR count). The van der Waals surface area contributed by atoms with Gasteiger partial charge in [0.15, 0.2) is 5.54 Å². The van der Waals surface area contributed by atoms with Crippen LogP contribution < -0.4 is 5.32 Å². The first-order valence-electron chi connectivity index (χ1n) is 6.58. The van der Waals surface area contributed by atoms with Gasteiger partial charge in [-0.25, -0.2) is 4.79 Å². The van der Waals surface area contributed by atoms with Crippen molar-refractivity contribution in [3.8, 4) is 0 Å². The summed E-state index contributed by atoms with van der Waals surface area (Å²) in [6.45, 7) is 4.91. The number of carbonyl (C=O) groups is 2. The van der Waals surface area contributed by atoms with E-state index in [-0.39, 0.29) is 5.91 Å². The van der Waals surface area contributed by atoms with Crippen molar-refractivity contribution in [2.45, 2.75) is 26.3 Å². The fourth-order valence-electron chi connectivity index (χ4n) is 1.83. The van der Waals surface area contributed by atoms with E-state index in [0.717, 1.165) is 10.0 Å². The normalized spacial score (nSPS) is 11.3. The van der Waals surface area contributed by atoms with Gasteiger partial charge in [-0.2, -0.15) is 5.10 Å². The number of benzene rings is 1. The average molecular weight is 366 g/mol. The molecule has 0 atom stereocenters. The smallest absolute Gasteiger partial charge is 0.331 e. The number of carboxylic acid groups (broad SMARTS) is 1. The van der Waals surface area contributed by atoms with Gasteiger partial charge >= 0.3 is 5.97 Å². The molecule has 0 aliphatic rings. The van der Waals surface area contributed by atoms with Crippen molar-refractivity contribution in [1.82, 2.24) is 9.78 Å². The highest BCUT2D eigenvalue weighted by atomic mass is 79.9. The maximum Gasteiger partial charge on any atom is 0.331 e. The van der Waals surface area contributed by atoms with E-state index >= 15 is 0 Å². The predicted molar refractivity (Wildman–Crippen MR) is 86.0 cm³/mol. The van der Waals surface area contributed by atoms with Crippen molar-refractivity contribution >= 4 is 33.5 Å². The third kappa shape index (κ3) is 3.19. The second-order valence-electron chi connectivity index (χ2n) is 5.45. The fraction of sp³-hybridized carbons (Fsp3) is 0.267. The first kappa shape index (κ1) is 16.2. The van der Waals surface area contributed by atoms with E-state index in [1.54, 1.807) is 6.07 Å². The standard InChI is InChI=1S/C15H16BrN3O3/c1-9-4-5-10(16)6-12(9)13(20)18-11-7-17-19(8-11)15(2,3)14(21)22/h4-8H,1-3H3,(H,18,20)(H,21,22). The molecule has 1 heterocycles. The quantitative estimate of drug-likeness (QED) is 0.871. The van der Waals surface area contributed by atoms with Gasteiger partial charge in [-0.05, 0) is 38.5 Å². The number of amides is 1. The number of aryl methyl sites for hydroxylation is 1. The first-order valence-corrected chi connectivity index (χ1v) is 7.37. The minimum atomic E-state index is -1.19. The number of nitrogens with zero attached hydrogens (tertiary/aromatic N) is 2. The van der Waals surface area contributed by atoms with Crippen LogP contribution in [0.15, 0.2) is 35.1 Å². The first-order chi connectivity index (χ1) is 10.2. The predicted octanol–water partition coefficient (Wildman–Crippen LogP) is 3.03. The highest BCUT2D eigenvalue weighted by molar-refractivity contribution is 9.10. The van der Waals surface area contributed by atoms with Crippen molar-refractivity contribution < 1.29 is 14.7 Å². The van der Waals surface area contributed by atoms with Crippen molar-refractivity contribution in [2.24, 2.45) is 0 Å². The Balaban J connectivity index is 2.22. The van der Waals surface area contributed by atoms with Crippen LogP contribution in [-0.2, 0) is 10.3 Å². The lowest BCUT2D eigenvalue weighted by Gasteiger charge is -2.19. The summed E-state index contributed by atoms with van der Waals surface area (Å²) in [4.78, 5) is 23.5. The molecule has 116 valence electrons. The summed E-state index contributed by atoms with van der Waals surface area (Å²) in [6.07, 6.45) is 2.93. The van der Waals surface area contributed by atoms with Crippen LogP contribution in [0.3, 0.4) is 0 Å². The summed E-state index contributed by atoms with van der Waals surface area (Å²) in [6, 6.07) is 5.44. The summed E-state index contributed by atoms with van der Waals surface area (Å²) in [5.41, 5.74) is 0.645. The van der Waals surface area contributed by atoms with Crippen molar-refractivity contribution in [3.63, 3.8) is 0 Å². The molecule has 0 unspecified atom stereocenters. The van der Waals surface area contributed by atoms with Crippen LogP contribution in [0.25, 0.3) is 0 Å². The molecule has 22 heavy (non-hydrogen) atoms. The number of hydrogen-bond acceptors (Lipinski definition) is 3. The Bertz CT molecular complexity index is 737. The van der Waals surface area contributed by atoms with Gasteiger partial charge in [0, 0.05) is 16.2 Å². The molecule has 0 aliphatic heterocycles. The van der Waals surface area contributed by atoms with Crippen LogP contribution in [-0.4, -0.2) is 26.8 Å². The third-order valence-electron chi connectivity index (χ3n) is 3.38. The van der Waals surface area contributed by atoms with Crippen LogP contribution in [0.5, 0.6) is 0 Å². The molecule has 0 aliphatic carbocycles. The Morgan fingerprint density at radius 2 is 2.05 bits per heavy atom. The van der Waals surface area contributed by atoms with Gasteiger partial charge < -0.3 is 10.4 Å². The van der Waals surface area contributed by atoms with Crippen LogP contribution in [0.2, 0.25) is 0 Å². The minimum Gasteiger partial charge on any atom is -0.479 e. The van der Waals surface area contributed by atoms with Gasteiger partial charge in [0.2, 0.25) is 0 Å². The zero-order chi connectivity index (χ0) is 16.5. The largest absolute Gasteiger partial charge is 0.479 e. The number of aliphatic carboxylic acids is 1. The molecule has 0 fully saturated rings. The highest BCUT2D eigenvalue weighted by Crippen LogP contribution is 2.20. The lowest BCUT2D eigenvalue weighted by atomic mass is 10.1. The van der Waals surface area contributed by atoms with Crippen molar-refractivity contribution in [3.05, 3.63) is 46.2 Å². The molecule has 1 amide bonds. The molecule has 0 saturated heterocycles. The maximum atomic E-state index is 12.3. The summed E-state index contributed by atoms with van der Waals surface area (Å²) in [7, 11) is 0. The van der Waals surface area contributed by atoms with Crippen molar-refractivity contribution in [1.29, 1.82) is 0 Å². The Kier molecular flexibility index (Phi) is 4.37. The Labute approximate surface area is 136 Å². The minimum absolute atomic E-state index is 0.272. The molecule has 1 aromatic carbocycles. The van der Waals surface area contributed by atoms with Gasteiger partial charge in [-0.15, -0.1) is 0 Å². The number of carbonyl (C=O) groups excluding carboxylic acids is 1. The molecule has 0 saturated carbocycles. The molecule has 7 heteroatoms. The van der Waals surface area contributed by atoms with Crippen molar-refractivity contribution in [2.75, 3.05) is 5.32 Å². The lowest BCUT2D eigenvalue weighted by Crippen LogP contribution is -2.35. The second kappa shape index (κ2) is 5.92. The number of anilines is 1.